The fraction of sp³-hybridized carbons (Fsp3) is 0.875. The summed E-state index contributed by atoms with van der Waals surface area (Å²) >= 11 is 0. The molecule has 0 saturated heterocycles. The van der Waals surface area contributed by atoms with Crippen LogP contribution in [0.25, 0.3) is 0 Å². The Balaban J connectivity index is 4.67. The molecule has 0 saturated carbocycles. The van der Waals surface area contributed by atoms with Gasteiger partial charge in [-0.15, -0.1) is 0 Å². The third-order valence-electron chi connectivity index (χ3n) is 1.97. The van der Waals surface area contributed by atoms with E-state index in [0.717, 1.165) is 0 Å². The van der Waals surface area contributed by atoms with Gasteiger partial charge in [0.05, 0.1) is 0 Å². The van der Waals surface area contributed by atoms with Crippen molar-refractivity contribution < 1.29 is 45.0 Å². The van der Waals surface area contributed by atoms with Crippen LogP contribution >= 0.6 is 0 Å². The van der Waals surface area contributed by atoms with Crippen molar-refractivity contribution in [2.75, 3.05) is 0 Å². The van der Waals surface area contributed by atoms with E-state index >= 15 is 0 Å². The molecule has 0 radical (unpaired) electrons. The molecule has 6 atom stereocenters. The van der Waals surface area contributed by atoms with Gasteiger partial charge in [0.25, 0.3) is 6.43 Å². The summed E-state index contributed by atoms with van der Waals surface area (Å²) in [6.45, 7) is 0. The van der Waals surface area contributed by atoms with E-state index in [9.17, 15) is 39.9 Å². The van der Waals surface area contributed by atoms with E-state index < -0.39 is 49.4 Å². The molecule has 0 aromatic rings. The van der Waals surface area contributed by atoms with Gasteiger partial charge in [-0.25, -0.2) is 39.9 Å². The molecule has 0 bridgehead atoms. The van der Waals surface area contributed by atoms with Gasteiger partial charge in [-0.2, -0.15) is 0 Å². The Morgan fingerprint density at radius 1 is 0.667 bits per heavy atom. The molecule has 1 N–H and O–H groups in total. The van der Waals surface area contributed by atoms with Gasteiger partial charge in [0.15, 0.2) is 30.9 Å². The van der Waals surface area contributed by atoms with Crippen LogP contribution in [0.4, 0.5) is 35.1 Å². The molecule has 10 heteroatoms. The predicted octanol–water partition coefficient (Wildman–Crippen LogP) is 2.36. The highest BCUT2D eigenvalue weighted by Gasteiger charge is 2.47. The molecule has 108 valence electrons. The fourth-order valence-electron chi connectivity index (χ4n) is 0.964. The van der Waals surface area contributed by atoms with Gasteiger partial charge in [0.1, 0.15) is 0 Å². The minimum absolute atomic E-state index is 2.49. The second-order valence-electron chi connectivity index (χ2n) is 3.30. The van der Waals surface area contributed by atoms with Crippen LogP contribution < -0.4 is 0 Å². The lowest BCUT2D eigenvalue weighted by Crippen LogP contribution is -2.46. The monoisotopic (exact) mass is 288 g/mol. The van der Waals surface area contributed by atoms with Crippen molar-refractivity contribution in [3.05, 3.63) is 0 Å². The Labute approximate surface area is 95.6 Å². The topological polar surface area (TPSA) is 37.3 Å². The highest BCUT2D eigenvalue weighted by molar-refractivity contribution is 5.73. The molecule has 6 unspecified atom stereocenters. The van der Waals surface area contributed by atoms with Crippen molar-refractivity contribution in [3.8, 4) is 0 Å². The highest BCUT2D eigenvalue weighted by Crippen LogP contribution is 2.26. The number of halogens is 8. The SMILES string of the molecule is O=C(O)C(F)C(F)C(F)C(F)C(F)C(F)C(F)F. The zero-order valence-corrected chi connectivity index (χ0v) is 8.42. The largest absolute Gasteiger partial charge is 0.479 e. The molecule has 0 fully saturated rings. The third kappa shape index (κ3) is 3.98. The van der Waals surface area contributed by atoms with Crippen molar-refractivity contribution in [1.82, 2.24) is 0 Å². The summed E-state index contributed by atoms with van der Waals surface area (Å²) in [7, 11) is 0. The Kier molecular flexibility index (Phi) is 6.33. The predicted molar refractivity (Wildman–Crippen MR) is 43.0 cm³/mol. The molecule has 0 amide bonds. The number of hydrogen-bond donors (Lipinski definition) is 1. The number of alkyl halides is 8. The maximum absolute atomic E-state index is 12.8. The van der Waals surface area contributed by atoms with Crippen LogP contribution in [0.5, 0.6) is 0 Å². The molecular formula is C8H8F8O2. The molecule has 2 nitrogen and oxygen atoms in total. The first-order valence-electron chi connectivity index (χ1n) is 4.46. The first kappa shape index (κ1) is 16.9. The lowest BCUT2D eigenvalue weighted by molar-refractivity contribution is -0.148. The minimum atomic E-state index is -3.98. The number of hydrogen-bond acceptors (Lipinski definition) is 1. The molecule has 0 aliphatic carbocycles. The van der Waals surface area contributed by atoms with Crippen LogP contribution in [0.3, 0.4) is 0 Å². The molecule has 0 spiro atoms. The lowest BCUT2D eigenvalue weighted by atomic mass is 10.0. The van der Waals surface area contributed by atoms with E-state index in [-0.39, 0.29) is 0 Å². The van der Waals surface area contributed by atoms with Crippen LogP contribution in [0.15, 0.2) is 0 Å². The highest BCUT2D eigenvalue weighted by atomic mass is 19.3. The normalized spacial score (nSPS) is 22.1. The van der Waals surface area contributed by atoms with Crippen molar-refractivity contribution in [2.24, 2.45) is 0 Å². The maximum Gasteiger partial charge on any atom is 0.341 e. The van der Waals surface area contributed by atoms with Crippen molar-refractivity contribution >= 4 is 5.97 Å². The Morgan fingerprint density at radius 2 is 1.00 bits per heavy atom. The van der Waals surface area contributed by atoms with Gasteiger partial charge in [-0.05, 0) is 0 Å². The molecule has 0 aromatic carbocycles. The van der Waals surface area contributed by atoms with E-state index in [0.29, 0.717) is 0 Å². The summed E-state index contributed by atoms with van der Waals surface area (Å²) in [6.07, 6.45) is -26.1. The van der Waals surface area contributed by atoms with Gasteiger partial charge < -0.3 is 5.11 Å². The van der Waals surface area contributed by atoms with E-state index in [1.807, 2.05) is 0 Å². The molecule has 0 aromatic heterocycles. The molecule has 18 heavy (non-hydrogen) atoms. The van der Waals surface area contributed by atoms with Crippen LogP contribution in [-0.2, 0) is 4.79 Å². The first-order valence-corrected chi connectivity index (χ1v) is 4.46. The zero-order valence-electron chi connectivity index (χ0n) is 8.42. The quantitative estimate of drug-likeness (QED) is 0.730. The zero-order chi connectivity index (χ0) is 14.6. The average Bonchev–Trinajstić information content (AvgIpc) is 2.32. The number of rotatable bonds is 7. The number of aliphatic carboxylic acids is 1. The Morgan fingerprint density at radius 3 is 1.33 bits per heavy atom. The summed E-state index contributed by atoms with van der Waals surface area (Å²) in [4.78, 5) is 9.89. The van der Waals surface area contributed by atoms with Crippen LogP contribution in [0, 0.1) is 0 Å². The van der Waals surface area contributed by atoms with E-state index in [4.69, 9.17) is 5.11 Å². The van der Waals surface area contributed by atoms with Gasteiger partial charge in [-0.1, -0.05) is 0 Å². The number of carbonyl (C=O) groups is 1. The summed E-state index contributed by atoms with van der Waals surface area (Å²) < 4.78 is 98.7. The third-order valence-corrected chi connectivity index (χ3v) is 1.97. The summed E-state index contributed by atoms with van der Waals surface area (Å²) in [5.74, 6) is -2.49. The molecule has 0 aliphatic heterocycles. The van der Waals surface area contributed by atoms with Gasteiger partial charge in [0.2, 0.25) is 6.17 Å². The van der Waals surface area contributed by atoms with E-state index in [2.05, 4.69) is 0 Å². The molecule has 0 rings (SSSR count). The standard InChI is InChI=1S/C8H8F8O2/c9-1(3(11)5(13)7(15)16)2(10)4(12)6(14)8(17)18/h1-7H,(H,17,18). The lowest BCUT2D eigenvalue weighted by Gasteiger charge is -2.22. The number of carboxylic acid groups (broad SMARTS) is 1. The fourth-order valence-corrected chi connectivity index (χ4v) is 0.964. The van der Waals surface area contributed by atoms with Crippen LogP contribution in [0.2, 0.25) is 0 Å². The summed E-state index contributed by atoms with van der Waals surface area (Å²) in [5.41, 5.74) is 0. The summed E-state index contributed by atoms with van der Waals surface area (Å²) in [5, 5.41) is 7.93. The van der Waals surface area contributed by atoms with Gasteiger partial charge in [0, 0.05) is 0 Å². The van der Waals surface area contributed by atoms with Crippen molar-refractivity contribution in [2.45, 2.75) is 43.5 Å². The smallest absolute Gasteiger partial charge is 0.341 e. The first-order chi connectivity index (χ1) is 8.11. The Hall–Kier alpha value is -1.09. The van der Waals surface area contributed by atoms with Crippen molar-refractivity contribution in [3.63, 3.8) is 0 Å². The van der Waals surface area contributed by atoms with Gasteiger partial charge in [-0.3, -0.25) is 0 Å². The second kappa shape index (κ2) is 6.74. The maximum atomic E-state index is 12.8. The number of carboxylic acids is 1. The molecule has 0 heterocycles. The molecule has 0 aliphatic rings. The second-order valence-corrected chi connectivity index (χ2v) is 3.30. The van der Waals surface area contributed by atoms with Crippen LogP contribution in [-0.4, -0.2) is 54.5 Å². The molecular weight excluding hydrogens is 280 g/mol. The van der Waals surface area contributed by atoms with E-state index in [1.54, 1.807) is 0 Å². The van der Waals surface area contributed by atoms with Crippen LogP contribution in [0.1, 0.15) is 0 Å². The average molecular weight is 288 g/mol. The minimum Gasteiger partial charge on any atom is -0.479 e. The van der Waals surface area contributed by atoms with Gasteiger partial charge >= 0.3 is 5.97 Å². The van der Waals surface area contributed by atoms with E-state index in [1.165, 1.54) is 0 Å². The Bertz CT molecular complexity index is 276. The summed E-state index contributed by atoms with van der Waals surface area (Å²) in [6, 6.07) is 0. The van der Waals surface area contributed by atoms with Crippen molar-refractivity contribution in [1.29, 1.82) is 0 Å².